The van der Waals surface area contributed by atoms with Crippen LogP contribution in [0.4, 0.5) is 11.4 Å². The summed E-state index contributed by atoms with van der Waals surface area (Å²) in [5.41, 5.74) is 7.47. The molecule has 4 nitrogen and oxygen atoms in total. The van der Waals surface area contributed by atoms with E-state index in [1.165, 1.54) is 0 Å². The SMILES string of the molecule is NCC(O)CCC(O)CN(c1ccccc1)c1ccccc1. The van der Waals surface area contributed by atoms with Gasteiger partial charge >= 0.3 is 0 Å². The lowest BCUT2D eigenvalue weighted by Crippen LogP contribution is -2.30. The van der Waals surface area contributed by atoms with E-state index in [0.717, 1.165) is 11.4 Å². The van der Waals surface area contributed by atoms with Crippen LogP contribution in [-0.2, 0) is 0 Å². The van der Waals surface area contributed by atoms with E-state index in [4.69, 9.17) is 5.73 Å². The Morgan fingerprint density at radius 2 is 1.23 bits per heavy atom. The highest BCUT2D eigenvalue weighted by molar-refractivity contribution is 5.62. The predicted molar refractivity (Wildman–Crippen MR) is 90.2 cm³/mol. The predicted octanol–water partition coefficient (Wildman–Crippen LogP) is 2.29. The molecule has 0 heterocycles. The third-order valence-electron chi connectivity index (χ3n) is 3.63. The molecule has 0 aliphatic heterocycles. The second-order valence-corrected chi connectivity index (χ2v) is 5.40. The molecule has 22 heavy (non-hydrogen) atoms. The molecule has 0 aliphatic rings. The highest BCUT2D eigenvalue weighted by Gasteiger charge is 2.15. The Kier molecular flexibility index (Phi) is 6.40. The fraction of sp³-hybridized carbons (Fsp3) is 0.333. The first kappa shape index (κ1) is 16.5. The minimum atomic E-state index is -0.545. The molecule has 4 heteroatoms. The van der Waals surface area contributed by atoms with Gasteiger partial charge in [0.15, 0.2) is 0 Å². The molecule has 0 saturated carbocycles. The number of rotatable bonds is 8. The van der Waals surface area contributed by atoms with E-state index in [-0.39, 0.29) is 6.54 Å². The lowest BCUT2D eigenvalue weighted by Gasteiger charge is -2.27. The zero-order chi connectivity index (χ0) is 15.8. The maximum absolute atomic E-state index is 10.3. The Hall–Kier alpha value is -1.88. The maximum atomic E-state index is 10.3. The smallest absolute Gasteiger partial charge is 0.0720 e. The Morgan fingerprint density at radius 3 is 1.68 bits per heavy atom. The van der Waals surface area contributed by atoms with Gasteiger partial charge in [0.25, 0.3) is 0 Å². The van der Waals surface area contributed by atoms with Gasteiger partial charge in [-0.25, -0.2) is 0 Å². The summed E-state index contributed by atoms with van der Waals surface area (Å²) in [6.07, 6.45) is -0.0398. The highest BCUT2D eigenvalue weighted by atomic mass is 16.3. The zero-order valence-corrected chi connectivity index (χ0v) is 12.7. The number of aliphatic hydroxyl groups is 2. The van der Waals surface area contributed by atoms with Gasteiger partial charge < -0.3 is 20.8 Å². The number of nitrogens with zero attached hydrogens (tertiary/aromatic N) is 1. The van der Waals surface area contributed by atoms with Gasteiger partial charge in [-0.05, 0) is 37.1 Å². The summed E-state index contributed by atoms with van der Waals surface area (Å²) in [6.45, 7) is 0.707. The van der Waals surface area contributed by atoms with Gasteiger partial charge in [0.05, 0.1) is 12.2 Å². The Bertz CT molecular complexity index is 494. The van der Waals surface area contributed by atoms with Crippen LogP contribution in [-0.4, -0.2) is 35.5 Å². The molecular weight excluding hydrogens is 276 g/mol. The molecule has 2 unspecified atom stereocenters. The first-order valence-electron chi connectivity index (χ1n) is 7.64. The topological polar surface area (TPSA) is 69.7 Å². The molecule has 0 bridgehead atoms. The summed E-state index contributed by atoms with van der Waals surface area (Å²) >= 11 is 0. The van der Waals surface area contributed by atoms with Gasteiger partial charge in [-0.15, -0.1) is 0 Å². The number of benzene rings is 2. The Labute approximate surface area is 131 Å². The molecule has 2 rings (SSSR count). The third kappa shape index (κ3) is 4.84. The first-order valence-corrected chi connectivity index (χ1v) is 7.64. The molecule has 2 aromatic rings. The van der Waals surface area contributed by atoms with Gasteiger partial charge in [-0.2, -0.15) is 0 Å². The lowest BCUT2D eigenvalue weighted by molar-refractivity contribution is 0.122. The van der Waals surface area contributed by atoms with Crippen molar-refractivity contribution in [1.29, 1.82) is 0 Å². The fourth-order valence-electron chi connectivity index (χ4n) is 2.38. The first-order chi connectivity index (χ1) is 10.7. The molecule has 0 spiro atoms. The maximum Gasteiger partial charge on any atom is 0.0720 e. The minimum absolute atomic E-state index is 0.230. The number of aliphatic hydroxyl groups excluding tert-OH is 2. The molecule has 0 fully saturated rings. The molecular formula is C18H24N2O2. The van der Waals surface area contributed by atoms with Crippen LogP contribution in [0.15, 0.2) is 60.7 Å². The van der Waals surface area contributed by atoms with E-state index < -0.39 is 12.2 Å². The fourth-order valence-corrected chi connectivity index (χ4v) is 2.38. The van der Waals surface area contributed by atoms with Crippen LogP contribution < -0.4 is 10.6 Å². The van der Waals surface area contributed by atoms with Crippen LogP contribution >= 0.6 is 0 Å². The molecule has 2 atom stereocenters. The van der Waals surface area contributed by atoms with Crippen molar-refractivity contribution in [3.8, 4) is 0 Å². The van der Waals surface area contributed by atoms with Crippen LogP contribution in [0.5, 0.6) is 0 Å². The number of hydrogen-bond acceptors (Lipinski definition) is 4. The summed E-state index contributed by atoms with van der Waals surface area (Å²) in [7, 11) is 0. The van der Waals surface area contributed by atoms with Crippen LogP contribution in [0.1, 0.15) is 12.8 Å². The molecule has 0 aliphatic carbocycles. The monoisotopic (exact) mass is 300 g/mol. The van der Waals surface area contributed by atoms with Crippen molar-refractivity contribution in [1.82, 2.24) is 0 Å². The van der Waals surface area contributed by atoms with E-state index in [1.807, 2.05) is 60.7 Å². The van der Waals surface area contributed by atoms with Crippen molar-refractivity contribution in [2.75, 3.05) is 18.0 Å². The van der Waals surface area contributed by atoms with Crippen molar-refractivity contribution in [3.63, 3.8) is 0 Å². The van der Waals surface area contributed by atoms with Crippen molar-refractivity contribution in [3.05, 3.63) is 60.7 Å². The number of hydrogen-bond donors (Lipinski definition) is 3. The minimum Gasteiger partial charge on any atom is -0.392 e. The Morgan fingerprint density at radius 1 is 0.773 bits per heavy atom. The molecule has 118 valence electrons. The van der Waals surface area contributed by atoms with Gasteiger partial charge in [0.2, 0.25) is 0 Å². The van der Waals surface area contributed by atoms with Crippen LogP contribution in [0.2, 0.25) is 0 Å². The normalized spacial score (nSPS) is 13.6. The van der Waals surface area contributed by atoms with Crippen LogP contribution in [0.25, 0.3) is 0 Å². The number of anilines is 2. The van der Waals surface area contributed by atoms with Gasteiger partial charge in [0.1, 0.15) is 0 Å². The molecule has 0 saturated heterocycles. The standard InChI is InChI=1S/C18H24N2O2/c19-13-17(21)11-12-18(22)14-20(15-7-3-1-4-8-15)16-9-5-2-6-10-16/h1-10,17-18,21-22H,11-14,19H2. The second-order valence-electron chi connectivity index (χ2n) is 5.40. The quantitative estimate of drug-likeness (QED) is 0.699. The average Bonchev–Trinajstić information content (AvgIpc) is 2.59. The largest absolute Gasteiger partial charge is 0.392 e. The molecule has 2 aromatic carbocycles. The summed E-state index contributed by atoms with van der Waals surface area (Å²) < 4.78 is 0. The van der Waals surface area contributed by atoms with E-state index in [2.05, 4.69) is 4.90 Å². The summed E-state index contributed by atoms with van der Waals surface area (Å²) in [6, 6.07) is 20.0. The van der Waals surface area contributed by atoms with Crippen molar-refractivity contribution < 1.29 is 10.2 Å². The van der Waals surface area contributed by atoms with E-state index in [1.54, 1.807) is 0 Å². The van der Waals surface area contributed by atoms with E-state index >= 15 is 0 Å². The molecule has 0 aromatic heterocycles. The van der Waals surface area contributed by atoms with Gasteiger partial charge in [-0.3, -0.25) is 0 Å². The highest BCUT2D eigenvalue weighted by Crippen LogP contribution is 2.25. The average molecular weight is 300 g/mol. The lowest BCUT2D eigenvalue weighted by atomic mass is 10.1. The Balaban J connectivity index is 2.09. The van der Waals surface area contributed by atoms with Crippen molar-refractivity contribution in [2.24, 2.45) is 5.73 Å². The number of nitrogens with two attached hydrogens (primary N) is 1. The van der Waals surface area contributed by atoms with Crippen molar-refractivity contribution in [2.45, 2.75) is 25.0 Å². The third-order valence-corrected chi connectivity index (χ3v) is 3.63. The second kappa shape index (κ2) is 8.54. The zero-order valence-electron chi connectivity index (χ0n) is 12.7. The number of para-hydroxylation sites is 2. The molecule has 0 radical (unpaired) electrons. The summed E-state index contributed by atoms with van der Waals surface area (Å²) in [4.78, 5) is 2.08. The van der Waals surface area contributed by atoms with Crippen LogP contribution in [0.3, 0.4) is 0 Å². The van der Waals surface area contributed by atoms with E-state index in [9.17, 15) is 10.2 Å². The molecule has 4 N–H and O–H groups in total. The summed E-state index contributed by atoms with van der Waals surface area (Å²) in [5, 5.41) is 19.8. The van der Waals surface area contributed by atoms with Crippen molar-refractivity contribution >= 4 is 11.4 Å². The van der Waals surface area contributed by atoms with Gasteiger partial charge in [0, 0.05) is 24.5 Å². The van der Waals surface area contributed by atoms with Gasteiger partial charge in [-0.1, -0.05) is 36.4 Å². The van der Waals surface area contributed by atoms with Crippen LogP contribution in [0, 0.1) is 0 Å². The molecule has 0 amide bonds. The van der Waals surface area contributed by atoms with E-state index in [0.29, 0.717) is 19.4 Å². The summed E-state index contributed by atoms with van der Waals surface area (Å²) in [5.74, 6) is 0.